The zero-order valence-electron chi connectivity index (χ0n) is 16.4. The Morgan fingerprint density at radius 2 is 1.04 bits per heavy atom. The zero-order valence-corrected chi connectivity index (χ0v) is 16.4. The largest absolute Gasteiger partial charge is 0.382 e. The van der Waals surface area contributed by atoms with E-state index in [1.54, 1.807) is 14.2 Å². The van der Waals surface area contributed by atoms with Crippen molar-refractivity contribution in [1.29, 1.82) is 0 Å². The van der Waals surface area contributed by atoms with E-state index in [1.807, 2.05) is 0 Å². The van der Waals surface area contributed by atoms with Gasteiger partial charge in [-0.25, -0.2) is 0 Å². The first-order chi connectivity index (χ1) is 13.3. The van der Waals surface area contributed by atoms with Crippen molar-refractivity contribution >= 4 is 0 Å². The van der Waals surface area contributed by atoms with Crippen LogP contribution in [0, 0.1) is 5.92 Å². The maximum atomic E-state index is 6.06. The minimum atomic E-state index is -0.628. The average molecular weight is 392 g/mol. The molecule has 3 saturated heterocycles. The summed E-state index contributed by atoms with van der Waals surface area (Å²) in [5.74, 6) is 0.153. The highest BCUT2D eigenvalue weighted by molar-refractivity contribution is 5.05. The SMILES string of the molecule is COCCOCCOC1C2OC3O[C@@H]1C(OCCOCCOC)[C@@H](O3)[C@@H]2C. The molecule has 0 aromatic heterocycles. The summed E-state index contributed by atoms with van der Waals surface area (Å²) in [6, 6.07) is 0. The van der Waals surface area contributed by atoms with E-state index >= 15 is 0 Å². The van der Waals surface area contributed by atoms with E-state index in [0.717, 1.165) is 0 Å². The molecule has 0 aromatic carbocycles. The third-order valence-electron chi connectivity index (χ3n) is 5.08. The van der Waals surface area contributed by atoms with E-state index in [0.29, 0.717) is 52.9 Å². The molecule has 3 aliphatic heterocycles. The van der Waals surface area contributed by atoms with Crippen LogP contribution in [-0.2, 0) is 42.6 Å². The molecule has 4 rings (SSSR count). The normalized spacial score (nSPS) is 37.2. The lowest BCUT2D eigenvalue weighted by Gasteiger charge is -2.58. The molecule has 4 bridgehead atoms. The molecule has 0 N–H and O–H groups in total. The third kappa shape index (κ3) is 5.37. The Labute approximate surface area is 160 Å². The van der Waals surface area contributed by atoms with Gasteiger partial charge in [-0.15, -0.1) is 0 Å². The van der Waals surface area contributed by atoms with Gasteiger partial charge >= 0.3 is 0 Å². The molecule has 4 unspecified atom stereocenters. The second kappa shape index (κ2) is 11.0. The van der Waals surface area contributed by atoms with E-state index in [9.17, 15) is 0 Å². The summed E-state index contributed by atoms with van der Waals surface area (Å²) in [6.45, 7) is 5.63. The third-order valence-corrected chi connectivity index (χ3v) is 5.08. The first kappa shape index (κ1) is 21.4. The Kier molecular flexibility index (Phi) is 8.69. The molecule has 3 heterocycles. The molecule has 4 fully saturated rings. The van der Waals surface area contributed by atoms with E-state index < -0.39 is 6.48 Å². The van der Waals surface area contributed by atoms with Crippen LogP contribution in [0.5, 0.6) is 0 Å². The van der Waals surface area contributed by atoms with Crippen molar-refractivity contribution in [2.75, 3.05) is 67.1 Å². The van der Waals surface area contributed by atoms with Crippen LogP contribution in [0.15, 0.2) is 0 Å². The van der Waals surface area contributed by atoms with Crippen molar-refractivity contribution in [2.24, 2.45) is 5.92 Å². The topological polar surface area (TPSA) is 83.1 Å². The van der Waals surface area contributed by atoms with Crippen molar-refractivity contribution in [3.05, 3.63) is 0 Å². The quantitative estimate of drug-likeness (QED) is 0.385. The highest BCUT2D eigenvalue weighted by Crippen LogP contribution is 2.45. The number of ether oxygens (including phenoxy) is 9. The van der Waals surface area contributed by atoms with Crippen LogP contribution in [0.25, 0.3) is 0 Å². The minimum Gasteiger partial charge on any atom is -0.382 e. The van der Waals surface area contributed by atoms with Gasteiger partial charge in [0.15, 0.2) is 0 Å². The predicted molar refractivity (Wildman–Crippen MR) is 92.4 cm³/mol. The Hall–Kier alpha value is -0.360. The van der Waals surface area contributed by atoms with Gasteiger partial charge in [-0.05, 0) is 0 Å². The van der Waals surface area contributed by atoms with Gasteiger partial charge in [0.25, 0.3) is 6.48 Å². The van der Waals surface area contributed by atoms with Crippen LogP contribution in [0.2, 0.25) is 0 Å². The molecule has 27 heavy (non-hydrogen) atoms. The molecule has 1 aliphatic carbocycles. The van der Waals surface area contributed by atoms with Crippen LogP contribution < -0.4 is 0 Å². The molecule has 158 valence electrons. The fraction of sp³-hybridized carbons (Fsp3) is 1.00. The van der Waals surface area contributed by atoms with Gasteiger partial charge in [0.2, 0.25) is 0 Å². The Bertz CT molecular complexity index is 390. The van der Waals surface area contributed by atoms with Gasteiger partial charge in [0.1, 0.15) is 18.3 Å². The highest BCUT2D eigenvalue weighted by atomic mass is 16.9. The van der Waals surface area contributed by atoms with Crippen molar-refractivity contribution in [1.82, 2.24) is 0 Å². The van der Waals surface area contributed by atoms with Crippen LogP contribution in [0.4, 0.5) is 0 Å². The number of hydrogen-bond donors (Lipinski definition) is 0. The van der Waals surface area contributed by atoms with Crippen LogP contribution in [0.1, 0.15) is 6.92 Å². The molecule has 1 saturated carbocycles. The van der Waals surface area contributed by atoms with Gasteiger partial charge in [-0.1, -0.05) is 6.92 Å². The summed E-state index contributed by atoms with van der Waals surface area (Å²) in [4.78, 5) is 0. The van der Waals surface area contributed by atoms with Gasteiger partial charge in [0.05, 0.1) is 65.1 Å². The second-order valence-corrected chi connectivity index (χ2v) is 6.83. The maximum Gasteiger partial charge on any atom is 0.272 e. The molecule has 0 aromatic rings. The standard InChI is InChI=1S/C18H32O9/c1-12-13-15(23-10-8-21-6-4-19-2)17-16(14(12)26-18(25-13)27-17)24-11-9-22-7-5-20-3/h12-18H,4-11H2,1-3H3/t12-,13-,14?,15?,16?,17+,18?/m0/s1. The lowest BCUT2D eigenvalue weighted by molar-refractivity contribution is -0.481. The van der Waals surface area contributed by atoms with E-state index in [2.05, 4.69) is 6.92 Å². The summed E-state index contributed by atoms with van der Waals surface area (Å²) in [7, 11) is 3.30. The Morgan fingerprint density at radius 3 is 1.52 bits per heavy atom. The van der Waals surface area contributed by atoms with Gasteiger partial charge < -0.3 is 42.6 Å². The molecule has 7 atom stereocenters. The number of hydrogen-bond acceptors (Lipinski definition) is 9. The van der Waals surface area contributed by atoms with E-state index in [-0.39, 0.29) is 36.4 Å². The van der Waals surface area contributed by atoms with Crippen LogP contribution in [-0.4, -0.2) is 104 Å². The second-order valence-electron chi connectivity index (χ2n) is 6.83. The molecule has 0 radical (unpaired) electrons. The van der Waals surface area contributed by atoms with Gasteiger partial charge in [0, 0.05) is 20.1 Å². The summed E-state index contributed by atoms with van der Waals surface area (Å²) >= 11 is 0. The lowest BCUT2D eigenvalue weighted by atomic mass is 9.77. The molecule has 9 heteroatoms. The van der Waals surface area contributed by atoms with Crippen molar-refractivity contribution in [3.63, 3.8) is 0 Å². The fourth-order valence-corrected chi connectivity index (χ4v) is 3.74. The molecule has 9 nitrogen and oxygen atoms in total. The minimum absolute atomic E-state index is 0.0655. The predicted octanol–water partition coefficient (Wildman–Crippen LogP) is 0.199. The molecular formula is C18H32O9. The fourth-order valence-electron chi connectivity index (χ4n) is 3.74. The molecule has 0 amide bonds. The Morgan fingerprint density at radius 1 is 0.593 bits per heavy atom. The molecule has 4 aliphatic rings. The molecule has 0 spiro atoms. The molecular weight excluding hydrogens is 360 g/mol. The van der Waals surface area contributed by atoms with E-state index in [4.69, 9.17) is 42.6 Å². The number of rotatable bonds is 14. The summed E-state index contributed by atoms with van der Waals surface area (Å²) in [6.07, 6.45) is -0.765. The summed E-state index contributed by atoms with van der Waals surface area (Å²) in [5.41, 5.74) is 0. The lowest BCUT2D eigenvalue weighted by Crippen LogP contribution is -2.73. The van der Waals surface area contributed by atoms with Crippen molar-refractivity contribution in [3.8, 4) is 0 Å². The van der Waals surface area contributed by atoms with Crippen molar-refractivity contribution < 1.29 is 42.6 Å². The van der Waals surface area contributed by atoms with Crippen molar-refractivity contribution in [2.45, 2.75) is 43.9 Å². The summed E-state index contributed by atoms with van der Waals surface area (Å²) < 4.78 is 50.5. The highest BCUT2D eigenvalue weighted by Gasteiger charge is 2.61. The average Bonchev–Trinajstić information content (AvgIpc) is 2.67. The smallest absolute Gasteiger partial charge is 0.272 e. The maximum absolute atomic E-state index is 6.06. The first-order valence-electron chi connectivity index (χ1n) is 9.59. The van der Waals surface area contributed by atoms with Gasteiger partial charge in [-0.2, -0.15) is 0 Å². The number of methoxy groups -OCH3 is 2. The van der Waals surface area contributed by atoms with Crippen LogP contribution in [0.3, 0.4) is 0 Å². The summed E-state index contributed by atoms with van der Waals surface area (Å²) in [5, 5.41) is 0. The van der Waals surface area contributed by atoms with Crippen LogP contribution >= 0.6 is 0 Å². The first-order valence-corrected chi connectivity index (χ1v) is 9.59. The van der Waals surface area contributed by atoms with E-state index in [1.165, 1.54) is 0 Å². The Balaban J connectivity index is 1.46. The monoisotopic (exact) mass is 392 g/mol. The van der Waals surface area contributed by atoms with Gasteiger partial charge in [-0.3, -0.25) is 0 Å². The zero-order chi connectivity index (χ0) is 19.1.